The molecule has 47 heavy (non-hydrogen) atoms. The third kappa shape index (κ3) is 9.18. The zero-order valence-corrected chi connectivity index (χ0v) is 26.3. The van der Waals surface area contributed by atoms with Crippen LogP contribution in [0.1, 0.15) is 32.1 Å². The fourth-order valence-electron chi connectivity index (χ4n) is 4.52. The third-order valence-corrected chi connectivity index (χ3v) is 8.33. The molecule has 1 unspecified atom stereocenters. The molecule has 0 saturated carbocycles. The van der Waals surface area contributed by atoms with E-state index in [1.165, 1.54) is 0 Å². The van der Waals surface area contributed by atoms with E-state index < -0.39 is 75.7 Å². The lowest BCUT2D eigenvalue weighted by Crippen LogP contribution is -2.39. The fourth-order valence-corrected chi connectivity index (χ4v) is 5.96. The fraction of sp³-hybridized carbons (Fsp3) is 0.481. The summed E-state index contributed by atoms with van der Waals surface area (Å²) < 4.78 is 60.5. The van der Waals surface area contributed by atoms with Gasteiger partial charge in [-0.3, -0.25) is 18.4 Å². The molecule has 2 aromatic heterocycles. The molecule has 0 amide bonds. The summed E-state index contributed by atoms with van der Waals surface area (Å²) in [4.78, 5) is 47.5. The molecule has 1 fully saturated rings. The Morgan fingerprint density at radius 1 is 1.19 bits per heavy atom. The van der Waals surface area contributed by atoms with Crippen LogP contribution in [0.2, 0.25) is 0 Å². The molecule has 1 saturated heterocycles. The van der Waals surface area contributed by atoms with Crippen molar-refractivity contribution in [3.63, 3.8) is 0 Å². The van der Waals surface area contributed by atoms with Crippen molar-refractivity contribution in [2.24, 2.45) is 5.92 Å². The number of aliphatic hydroxyl groups excluding tert-OH is 1. The molecule has 0 aliphatic carbocycles. The molecule has 3 aromatic rings. The number of hydrogen-bond acceptors (Lipinski definition) is 15. The lowest BCUT2D eigenvalue weighted by Gasteiger charge is -2.25. The molecule has 18 nitrogen and oxygen atoms in total. The Morgan fingerprint density at radius 3 is 2.57 bits per heavy atom. The van der Waals surface area contributed by atoms with Crippen LogP contribution in [0.15, 0.2) is 36.7 Å². The first-order valence-electron chi connectivity index (χ1n) is 14.1. The summed E-state index contributed by atoms with van der Waals surface area (Å²) in [6, 6.07) is 7.24. The predicted octanol–water partition coefficient (Wildman–Crippen LogP) is 1.93. The summed E-state index contributed by atoms with van der Waals surface area (Å²) >= 11 is 0. The highest BCUT2D eigenvalue weighted by molar-refractivity contribution is 7.51. The first-order valence-corrected chi connectivity index (χ1v) is 15.7. The van der Waals surface area contributed by atoms with Crippen molar-refractivity contribution in [3.8, 4) is 0 Å². The second-order valence-corrected chi connectivity index (χ2v) is 12.4. The molecular formula is C27H34FN6O12P. The number of anilines is 1. The quantitative estimate of drug-likeness (QED) is 0.101. The molecule has 1 aliphatic rings. The van der Waals surface area contributed by atoms with E-state index in [1.807, 2.05) is 0 Å². The topological polar surface area (TPSA) is 246 Å². The Morgan fingerprint density at radius 2 is 1.91 bits per heavy atom. The highest BCUT2D eigenvalue weighted by Crippen LogP contribution is 2.46. The number of aliphatic hydroxyl groups is 1. The van der Waals surface area contributed by atoms with Gasteiger partial charge < -0.3 is 34.9 Å². The van der Waals surface area contributed by atoms with E-state index in [9.17, 15) is 33.6 Å². The Kier molecular flexibility index (Phi) is 11.8. The number of esters is 1. The van der Waals surface area contributed by atoms with Crippen LogP contribution < -0.4 is 10.8 Å². The number of halogens is 1. The van der Waals surface area contributed by atoms with Crippen LogP contribution in [-0.2, 0) is 48.8 Å². The highest BCUT2D eigenvalue weighted by atomic mass is 31.2. The minimum Gasteiger partial charge on any atom is -0.480 e. The molecule has 5 N–H and O–H groups in total. The van der Waals surface area contributed by atoms with E-state index in [1.54, 1.807) is 44.2 Å². The van der Waals surface area contributed by atoms with Crippen molar-refractivity contribution in [1.82, 2.24) is 24.6 Å². The summed E-state index contributed by atoms with van der Waals surface area (Å²) in [6.07, 6.45) is -7.44. The van der Waals surface area contributed by atoms with Crippen molar-refractivity contribution in [2.75, 3.05) is 26.1 Å². The van der Waals surface area contributed by atoms with Crippen molar-refractivity contribution in [3.05, 3.63) is 48.3 Å². The number of nitrogens with one attached hydrogen (secondary N) is 1. The minimum absolute atomic E-state index is 0.00511. The number of carbonyl (C=O) groups excluding carboxylic acids is 2. The summed E-state index contributed by atoms with van der Waals surface area (Å²) in [5, 5.41) is 23.2. The van der Waals surface area contributed by atoms with Crippen molar-refractivity contribution in [2.45, 2.75) is 57.5 Å². The van der Waals surface area contributed by atoms with Crippen LogP contribution >= 0.6 is 7.75 Å². The molecule has 256 valence electrons. The number of nitrogens with zero attached hydrogens (tertiary/aromatic N) is 4. The Bertz CT molecular complexity index is 1610. The molecule has 0 spiro atoms. The van der Waals surface area contributed by atoms with Gasteiger partial charge in [-0.1, -0.05) is 44.2 Å². The van der Waals surface area contributed by atoms with Gasteiger partial charge in [-0.25, -0.2) is 24.2 Å². The van der Waals surface area contributed by atoms with Crippen molar-refractivity contribution in [1.29, 1.82) is 0 Å². The second-order valence-electron chi connectivity index (χ2n) is 10.7. The van der Waals surface area contributed by atoms with Gasteiger partial charge in [0.05, 0.1) is 20.0 Å². The van der Waals surface area contributed by atoms with E-state index >= 15 is 0 Å². The number of imidazole rings is 1. The van der Waals surface area contributed by atoms with E-state index in [2.05, 4.69) is 24.8 Å². The van der Waals surface area contributed by atoms with Gasteiger partial charge in [0.15, 0.2) is 35.9 Å². The maximum absolute atomic E-state index is 14.1. The maximum Gasteiger partial charge on any atom is 0.509 e. The predicted molar refractivity (Wildman–Crippen MR) is 157 cm³/mol. The van der Waals surface area contributed by atoms with E-state index in [0.717, 1.165) is 18.0 Å². The Balaban J connectivity index is 1.58. The van der Waals surface area contributed by atoms with Crippen LogP contribution in [0.5, 0.6) is 0 Å². The summed E-state index contributed by atoms with van der Waals surface area (Å²) in [5.41, 5.74) is 6.22. The number of carboxylic acid groups (broad SMARTS) is 1. The van der Waals surface area contributed by atoms with Crippen LogP contribution in [0.3, 0.4) is 0 Å². The van der Waals surface area contributed by atoms with Crippen molar-refractivity contribution < 1.29 is 61.5 Å². The Labute approximate surface area is 266 Å². The molecule has 20 heteroatoms. The second kappa shape index (κ2) is 15.6. The number of methoxy groups -OCH3 is 1. The third-order valence-electron chi connectivity index (χ3n) is 6.75. The van der Waals surface area contributed by atoms with Crippen molar-refractivity contribution >= 4 is 42.8 Å². The average Bonchev–Trinajstić information content (AvgIpc) is 3.58. The van der Waals surface area contributed by atoms with Crippen LogP contribution in [0.25, 0.3) is 11.2 Å². The molecule has 0 bridgehead atoms. The van der Waals surface area contributed by atoms with Crippen LogP contribution in [0.4, 0.5) is 15.0 Å². The van der Waals surface area contributed by atoms with Crippen LogP contribution in [0, 0.1) is 12.0 Å². The van der Waals surface area contributed by atoms with Gasteiger partial charge in [0.1, 0.15) is 24.9 Å². The molecule has 3 heterocycles. The SMILES string of the molecule is COC(=O)COP(=O)(N[C@@H](CC(C)C)C(=O)O)OC[C@H]1O[C@@H](n2cnc3c(N)nc(F)nc32)[C@@H](OC(=O)OCc2ccccc2)[C@@H]1O. The summed E-state index contributed by atoms with van der Waals surface area (Å²) in [7, 11) is -3.56. The number of benzene rings is 1. The van der Waals surface area contributed by atoms with Gasteiger partial charge >= 0.3 is 31.9 Å². The highest BCUT2D eigenvalue weighted by Gasteiger charge is 2.49. The first-order chi connectivity index (χ1) is 22.3. The normalized spacial score (nSPS) is 21.3. The van der Waals surface area contributed by atoms with Gasteiger partial charge in [-0.05, 0) is 17.9 Å². The number of nitrogen functional groups attached to an aromatic ring is 1. The van der Waals surface area contributed by atoms with Gasteiger partial charge in [-0.15, -0.1) is 0 Å². The average molecular weight is 685 g/mol. The molecule has 4 rings (SSSR count). The standard InChI is InChI=1S/C27H34FN6O12P/c1-14(2)9-16(25(37)38)33-47(40,44-12-18(35)41-3)43-11-17-20(36)21(46-27(39)42-10-15-7-5-4-6-8-15)24(45-17)34-13-30-19-22(29)31-26(28)32-23(19)34/h4-8,13-14,16-17,20-21,24,36H,9-12H2,1-3H3,(H,33,40)(H,37,38)(H2,29,31,32)/t16-,17+,20+,21-,24+,47?/m0/s1. The van der Waals surface area contributed by atoms with Crippen LogP contribution in [-0.4, -0.2) is 92.5 Å². The van der Waals surface area contributed by atoms with E-state index in [4.69, 9.17) is 29.0 Å². The zero-order valence-electron chi connectivity index (χ0n) is 25.4. The smallest absolute Gasteiger partial charge is 0.480 e. The van der Waals surface area contributed by atoms with E-state index in [0.29, 0.717) is 5.56 Å². The zero-order chi connectivity index (χ0) is 34.3. The molecule has 1 aromatic carbocycles. The largest absolute Gasteiger partial charge is 0.509 e. The number of fused-ring (bicyclic) bond motifs is 1. The monoisotopic (exact) mass is 684 g/mol. The number of carboxylic acids is 1. The van der Waals surface area contributed by atoms with E-state index in [-0.39, 0.29) is 35.9 Å². The van der Waals surface area contributed by atoms with Gasteiger partial charge in [0, 0.05) is 0 Å². The maximum atomic E-state index is 14.1. The molecule has 1 aliphatic heterocycles. The molecule has 0 radical (unpaired) electrons. The number of nitrogens with two attached hydrogens (primary N) is 1. The lowest BCUT2D eigenvalue weighted by molar-refractivity contribution is -0.143. The molecule has 6 atom stereocenters. The lowest BCUT2D eigenvalue weighted by atomic mass is 10.1. The number of rotatable bonds is 15. The number of carbonyl (C=O) groups is 3. The van der Waals surface area contributed by atoms with Gasteiger partial charge in [0.2, 0.25) is 0 Å². The van der Waals surface area contributed by atoms with Gasteiger partial charge in [-0.2, -0.15) is 14.4 Å². The number of ether oxygens (including phenoxy) is 4. The number of hydrogen-bond donors (Lipinski definition) is 4. The number of aliphatic carboxylic acids is 1. The summed E-state index contributed by atoms with van der Waals surface area (Å²) in [6.45, 7) is 1.66. The first kappa shape index (κ1) is 35.6. The summed E-state index contributed by atoms with van der Waals surface area (Å²) in [5.74, 6) is -2.77. The van der Waals surface area contributed by atoms with Gasteiger partial charge in [0.25, 0.3) is 0 Å². The number of aromatic nitrogens is 4. The Hall–Kier alpha value is -4.26. The molecular weight excluding hydrogens is 650 g/mol. The minimum atomic E-state index is -4.62.